The van der Waals surface area contributed by atoms with E-state index in [0.717, 1.165) is 41.2 Å². The van der Waals surface area contributed by atoms with Crippen LogP contribution >= 0.6 is 22.9 Å². The lowest BCUT2D eigenvalue weighted by Crippen LogP contribution is -2.34. The third-order valence-electron chi connectivity index (χ3n) is 3.72. The highest BCUT2D eigenvalue weighted by Crippen LogP contribution is 2.29. The van der Waals surface area contributed by atoms with Crippen LogP contribution in [0.1, 0.15) is 30.5 Å². The van der Waals surface area contributed by atoms with Crippen molar-refractivity contribution in [1.29, 1.82) is 0 Å². The number of hydrogen-bond acceptors (Lipinski definition) is 3. The predicted octanol–water partition coefficient (Wildman–Crippen LogP) is 4.06. The summed E-state index contributed by atoms with van der Waals surface area (Å²) in [6, 6.07) is 8.18. The number of hydrogen-bond donors (Lipinski definition) is 0. The van der Waals surface area contributed by atoms with Gasteiger partial charge in [-0.05, 0) is 18.4 Å². The van der Waals surface area contributed by atoms with Gasteiger partial charge < -0.3 is 4.90 Å². The van der Waals surface area contributed by atoms with Gasteiger partial charge in [0.25, 0.3) is 0 Å². The van der Waals surface area contributed by atoms with Crippen molar-refractivity contribution in [2.45, 2.75) is 31.7 Å². The molecule has 5 heteroatoms. The Morgan fingerprint density at radius 2 is 2.14 bits per heavy atom. The second-order valence-electron chi connectivity index (χ2n) is 5.21. The van der Waals surface area contributed by atoms with Crippen molar-refractivity contribution >= 4 is 28.8 Å². The van der Waals surface area contributed by atoms with Gasteiger partial charge >= 0.3 is 0 Å². The largest absolute Gasteiger partial charge is 0.338 e. The van der Waals surface area contributed by atoms with Gasteiger partial charge in [0, 0.05) is 30.5 Å². The molecule has 0 N–H and O–H groups in total. The number of carbonyl (C=O) groups is 1. The van der Waals surface area contributed by atoms with Gasteiger partial charge in [-0.2, -0.15) is 0 Å². The molecule has 0 spiro atoms. The van der Waals surface area contributed by atoms with Crippen molar-refractivity contribution in [2.24, 2.45) is 0 Å². The SMILES string of the molecule is O=C1CCCCN1Cc1ccccc1-c1nc(CCl)cs1. The Kier molecular flexibility index (Phi) is 4.56. The summed E-state index contributed by atoms with van der Waals surface area (Å²) in [5, 5.41) is 2.97. The average Bonchev–Trinajstić information content (AvgIpc) is 2.99. The lowest BCUT2D eigenvalue weighted by atomic mass is 10.1. The molecule has 0 radical (unpaired) electrons. The molecule has 1 amide bonds. The molecular weight excluding hydrogens is 304 g/mol. The standard InChI is InChI=1S/C16H17ClN2OS/c17-9-13-11-21-16(18-13)14-6-2-1-5-12(14)10-19-8-4-3-7-15(19)20/h1-2,5-6,11H,3-4,7-10H2. The van der Waals surface area contributed by atoms with E-state index in [2.05, 4.69) is 17.1 Å². The zero-order valence-corrected chi connectivity index (χ0v) is 13.3. The molecule has 2 heterocycles. The van der Waals surface area contributed by atoms with Crippen molar-refractivity contribution in [1.82, 2.24) is 9.88 Å². The van der Waals surface area contributed by atoms with Crippen LogP contribution in [-0.4, -0.2) is 22.3 Å². The smallest absolute Gasteiger partial charge is 0.222 e. The van der Waals surface area contributed by atoms with Crippen molar-refractivity contribution < 1.29 is 4.79 Å². The molecule has 2 aromatic rings. The van der Waals surface area contributed by atoms with Crippen LogP contribution in [0, 0.1) is 0 Å². The molecule has 21 heavy (non-hydrogen) atoms. The van der Waals surface area contributed by atoms with Crippen LogP contribution < -0.4 is 0 Å². The fourth-order valence-electron chi connectivity index (χ4n) is 2.59. The summed E-state index contributed by atoms with van der Waals surface area (Å²) in [6.07, 6.45) is 2.79. The topological polar surface area (TPSA) is 33.2 Å². The molecule has 0 bridgehead atoms. The number of halogens is 1. The first-order valence-corrected chi connectivity index (χ1v) is 8.56. The Morgan fingerprint density at radius 1 is 1.29 bits per heavy atom. The fourth-order valence-corrected chi connectivity index (χ4v) is 3.70. The maximum absolute atomic E-state index is 12.0. The summed E-state index contributed by atoms with van der Waals surface area (Å²) in [6.45, 7) is 1.53. The minimum Gasteiger partial charge on any atom is -0.338 e. The quantitative estimate of drug-likeness (QED) is 0.796. The number of carbonyl (C=O) groups excluding carboxylic acids is 1. The number of likely N-dealkylation sites (tertiary alicyclic amines) is 1. The third kappa shape index (κ3) is 3.27. The number of nitrogens with zero attached hydrogens (tertiary/aromatic N) is 2. The summed E-state index contributed by atoms with van der Waals surface area (Å²) in [4.78, 5) is 18.5. The lowest BCUT2D eigenvalue weighted by molar-refractivity contribution is -0.133. The van der Waals surface area contributed by atoms with E-state index in [0.29, 0.717) is 18.8 Å². The number of aromatic nitrogens is 1. The van der Waals surface area contributed by atoms with Crippen LogP contribution in [0.3, 0.4) is 0 Å². The van der Waals surface area contributed by atoms with Gasteiger partial charge in [0.05, 0.1) is 11.6 Å². The fraction of sp³-hybridized carbons (Fsp3) is 0.375. The molecule has 0 atom stereocenters. The van der Waals surface area contributed by atoms with E-state index in [-0.39, 0.29) is 5.91 Å². The predicted molar refractivity (Wildman–Crippen MR) is 86.4 cm³/mol. The first-order valence-electron chi connectivity index (χ1n) is 7.14. The number of rotatable bonds is 4. The Bertz CT molecular complexity index is 641. The van der Waals surface area contributed by atoms with E-state index in [1.807, 2.05) is 22.4 Å². The van der Waals surface area contributed by atoms with Crippen LogP contribution in [0.5, 0.6) is 0 Å². The molecule has 0 aliphatic carbocycles. The monoisotopic (exact) mass is 320 g/mol. The Hall–Kier alpha value is -1.39. The minimum atomic E-state index is 0.261. The average molecular weight is 321 g/mol. The summed E-state index contributed by atoms with van der Waals surface area (Å²) >= 11 is 7.44. The first-order chi connectivity index (χ1) is 10.3. The summed E-state index contributed by atoms with van der Waals surface area (Å²) in [7, 11) is 0. The van der Waals surface area contributed by atoms with Gasteiger partial charge in [-0.25, -0.2) is 4.98 Å². The van der Waals surface area contributed by atoms with Gasteiger partial charge in [0.2, 0.25) is 5.91 Å². The van der Waals surface area contributed by atoms with E-state index in [4.69, 9.17) is 11.6 Å². The van der Waals surface area contributed by atoms with Gasteiger partial charge in [0.1, 0.15) is 5.01 Å². The third-order valence-corrected chi connectivity index (χ3v) is 4.92. The Balaban J connectivity index is 1.87. The highest BCUT2D eigenvalue weighted by molar-refractivity contribution is 7.13. The molecule has 110 valence electrons. The highest BCUT2D eigenvalue weighted by Gasteiger charge is 2.19. The van der Waals surface area contributed by atoms with Crippen molar-refractivity contribution in [3.63, 3.8) is 0 Å². The molecular formula is C16H17ClN2OS. The zero-order valence-electron chi connectivity index (χ0n) is 11.7. The van der Waals surface area contributed by atoms with Gasteiger partial charge in [-0.15, -0.1) is 22.9 Å². The Labute approximate surface area is 133 Å². The summed E-state index contributed by atoms with van der Waals surface area (Å²) < 4.78 is 0. The van der Waals surface area contributed by atoms with Gasteiger partial charge in [0.15, 0.2) is 0 Å². The summed E-state index contributed by atoms with van der Waals surface area (Å²) in [5.41, 5.74) is 3.17. The molecule has 1 aromatic carbocycles. The van der Waals surface area contributed by atoms with Crippen LogP contribution in [0.4, 0.5) is 0 Å². The van der Waals surface area contributed by atoms with Crippen LogP contribution in [0.2, 0.25) is 0 Å². The molecule has 1 aromatic heterocycles. The van der Waals surface area contributed by atoms with Crippen LogP contribution in [0.15, 0.2) is 29.6 Å². The maximum atomic E-state index is 12.0. The van der Waals surface area contributed by atoms with Gasteiger partial charge in [-0.1, -0.05) is 24.3 Å². The van der Waals surface area contributed by atoms with E-state index < -0.39 is 0 Å². The Morgan fingerprint density at radius 3 is 2.90 bits per heavy atom. The number of alkyl halides is 1. The zero-order chi connectivity index (χ0) is 14.7. The normalized spacial score (nSPS) is 15.5. The minimum absolute atomic E-state index is 0.261. The van der Waals surface area contributed by atoms with E-state index in [9.17, 15) is 4.79 Å². The summed E-state index contributed by atoms with van der Waals surface area (Å²) in [5.74, 6) is 0.695. The van der Waals surface area contributed by atoms with Crippen molar-refractivity contribution in [2.75, 3.05) is 6.54 Å². The number of piperidine rings is 1. The lowest BCUT2D eigenvalue weighted by Gasteiger charge is -2.27. The van der Waals surface area contributed by atoms with E-state index in [1.54, 1.807) is 11.3 Å². The van der Waals surface area contributed by atoms with E-state index >= 15 is 0 Å². The van der Waals surface area contributed by atoms with Gasteiger partial charge in [-0.3, -0.25) is 4.79 Å². The number of amides is 1. The molecule has 0 unspecified atom stereocenters. The van der Waals surface area contributed by atoms with Crippen molar-refractivity contribution in [3.05, 3.63) is 40.9 Å². The molecule has 3 rings (SSSR count). The van der Waals surface area contributed by atoms with Crippen LogP contribution in [0.25, 0.3) is 10.6 Å². The molecule has 0 saturated carbocycles. The molecule has 1 fully saturated rings. The molecule has 1 aliphatic rings. The number of benzene rings is 1. The van der Waals surface area contributed by atoms with E-state index in [1.165, 1.54) is 0 Å². The number of thiazole rings is 1. The molecule has 1 saturated heterocycles. The second-order valence-corrected chi connectivity index (χ2v) is 6.33. The van der Waals surface area contributed by atoms with Crippen LogP contribution in [-0.2, 0) is 17.2 Å². The molecule has 3 nitrogen and oxygen atoms in total. The maximum Gasteiger partial charge on any atom is 0.222 e. The molecule has 1 aliphatic heterocycles. The van der Waals surface area contributed by atoms with Crippen molar-refractivity contribution in [3.8, 4) is 10.6 Å². The highest BCUT2D eigenvalue weighted by atomic mass is 35.5. The second kappa shape index (κ2) is 6.58. The first kappa shape index (κ1) is 14.5.